The molecule has 0 heterocycles. The lowest BCUT2D eigenvalue weighted by Crippen LogP contribution is -2.45. The summed E-state index contributed by atoms with van der Waals surface area (Å²) < 4.78 is 30.5. The molecule has 3 amide bonds. The first kappa shape index (κ1) is 19.6. The predicted octanol–water partition coefficient (Wildman–Crippen LogP) is -0.0290. The molecular formula is C14H19N3O6S. The highest BCUT2D eigenvalue weighted by Crippen LogP contribution is 2.14. The molecule has 0 aromatic heterocycles. The van der Waals surface area contributed by atoms with Gasteiger partial charge in [0.25, 0.3) is 5.91 Å². The highest BCUT2D eigenvalue weighted by molar-refractivity contribution is 7.89. The van der Waals surface area contributed by atoms with E-state index in [1.807, 2.05) is 5.32 Å². The highest BCUT2D eigenvalue weighted by atomic mass is 32.2. The fraction of sp³-hybridized carbons (Fsp3) is 0.357. The molecule has 0 radical (unpaired) electrons. The summed E-state index contributed by atoms with van der Waals surface area (Å²) in [6.45, 7) is 3.25. The van der Waals surface area contributed by atoms with E-state index in [9.17, 15) is 22.8 Å². The van der Waals surface area contributed by atoms with Crippen molar-refractivity contribution in [1.29, 1.82) is 0 Å². The van der Waals surface area contributed by atoms with Gasteiger partial charge < -0.3 is 10.5 Å². The van der Waals surface area contributed by atoms with Gasteiger partial charge >= 0.3 is 12.0 Å². The third-order valence-corrected chi connectivity index (χ3v) is 4.44. The molecule has 1 aromatic carbocycles. The second kappa shape index (κ2) is 7.88. The standard InChI is InChI=1S/C14H19N3O6S/c1-8(2)11(12(18)17-14(15)20)23-13(19)9-4-6-10(7-5-9)24(21,22)16-3/h4-8,11,16H,1-3H3,(H3,15,17,18,20). The summed E-state index contributed by atoms with van der Waals surface area (Å²) in [6, 6.07) is 3.93. The molecule has 1 atom stereocenters. The van der Waals surface area contributed by atoms with Gasteiger partial charge in [-0.3, -0.25) is 10.1 Å². The van der Waals surface area contributed by atoms with E-state index in [0.29, 0.717) is 0 Å². The number of nitrogens with two attached hydrogens (primary N) is 1. The lowest BCUT2D eigenvalue weighted by Gasteiger charge is -2.19. The zero-order chi connectivity index (χ0) is 18.5. The summed E-state index contributed by atoms with van der Waals surface area (Å²) in [5.74, 6) is -2.07. The summed E-state index contributed by atoms with van der Waals surface area (Å²) >= 11 is 0. The zero-order valence-corrected chi connectivity index (χ0v) is 14.2. The molecule has 132 valence electrons. The molecule has 1 rings (SSSR count). The Bertz CT molecular complexity index is 727. The van der Waals surface area contributed by atoms with Gasteiger partial charge in [0, 0.05) is 0 Å². The van der Waals surface area contributed by atoms with Crippen LogP contribution in [0.3, 0.4) is 0 Å². The van der Waals surface area contributed by atoms with Crippen LogP contribution < -0.4 is 15.8 Å². The Morgan fingerprint density at radius 1 is 1.12 bits per heavy atom. The van der Waals surface area contributed by atoms with Crippen molar-refractivity contribution in [3.63, 3.8) is 0 Å². The van der Waals surface area contributed by atoms with Crippen molar-refractivity contribution in [3.8, 4) is 0 Å². The first-order valence-corrected chi connectivity index (χ1v) is 8.41. The summed E-state index contributed by atoms with van der Waals surface area (Å²) in [5.41, 5.74) is 4.93. The number of benzene rings is 1. The summed E-state index contributed by atoms with van der Waals surface area (Å²) in [5, 5.41) is 1.85. The smallest absolute Gasteiger partial charge is 0.338 e. The van der Waals surface area contributed by atoms with E-state index in [1.165, 1.54) is 31.3 Å². The summed E-state index contributed by atoms with van der Waals surface area (Å²) in [6.07, 6.45) is -1.22. The largest absolute Gasteiger partial charge is 0.448 e. The Kier molecular flexibility index (Phi) is 6.43. The van der Waals surface area contributed by atoms with Crippen molar-refractivity contribution >= 4 is 27.9 Å². The van der Waals surface area contributed by atoms with Gasteiger partial charge in [-0.2, -0.15) is 0 Å². The van der Waals surface area contributed by atoms with Crippen LogP contribution in [0, 0.1) is 5.92 Å². The fourth-order valence-electron chi connectivity index (χ4n) is 1.76. The van der Waals surface area contributed by atoms with Gasteiger partial charge in [-0.05, 0) is 37.2 Å². The molecule has 1 unspecified atom stereocenters. The number of nitrogens with one attached hydrogen (secondary N) is 2. The molecule has 0 spiro atoms. The van der Waals surface area contributed by atoms with E-state index in [4.69, 9.17) is 10.5 Å². The van der Waals surface area contributed by atoms with Crippen molar-refractivity contribution in [2.45, 2.75) is 24.8 Å². The van der Waals surface area contributed by atoms with E-state index in [2.05, 4.69) is 4.72 Å². The van der Waals surface area contributed by atoms with Crippen LogP contribution in [-0.4, -0.2) is 39.5 Å². The van der Waals surface area contributed by atoms with Gasteiger partial charge in [-0.25, -0.2) is 22.7 Å². The third-order valence-electron chi connectivity index (χ3n) is 3.01. The van der Waals surface area contributed by atoms with E-state index in [-0.39, 0.29) is 10.5 Å². The molecule has 0 fully saturated rings. The number of primary amides is 1. The average molecular weight is 357 g/mol. The Morgan fingerprint density at radius 3 is 2.08 bits per heavy atom. The minimum atomic E-state index is -3.62. The highest BCUT2D eigenvalue weighted by Gasteiger charge is 2.28. The van der Waals surface area contributed by atoms with Crippen LogP contribution in [0.5, 0.6) is 0 Å². The van der Waals surface area contributed by atoms with Crippen molar-refractivity contribution in [2.24, 2.45) is 11.7 Å². The van der Waals surface area contributed by atoms with Gasteiger partial charge in [0.1, 0.15) is 0 Å². The molecule has 10 heteroatoms. The SMILES string of the molecule is CNS(=O)(=O)c1ccc(C(=O)OC(C(=O)NC(N)=O)C(C)C)cc1. The van der Waals surface area contributed by atoms with E-state index < -0.39 is 40.0 Å². The van der Waals surface area contributed by atoms with Gasteiger partial charge in [0.2, 0.25) is 10.0 Å². The molecule has 0 aliphatic heterocycles. The van der Waals surface area contributed by atoms with Crippen molar-refractivity contribution in [3.05, 3.63) is 29.8 Å². The quantitative estimate of drug-likeness (QED) is 0.610. The third kappa shape index (κ3) is 5.03. The minimum Gasteiger partial charge on any atom is -0.448 e. The average Bonchev–Trinajstić information content (AvgIpc) is 2.51. The second-order valence-corrected chi connectivity index (χ2v) is 7.04. The van der Waals surface area contributed by atoms with Crippen LogP contribution >= 0.6 is 0 Å². The van der Waals surface area contributed by atoms with Crippen LogP contribution in [0.1, 0.15) is 24.2 Å². The maximum atomic E-state index is 12.1. The van der Waals surface area contributed by atoms with Gasteiger partial charge in [0.05, 0.1) is 10.5 Å². The van der Waals surface area contributed by atoms with Crippen molar-refractivity contribution in [2.75, 3.05) is 7.05 Å². The molecule has 9 nitrogen and oxygen atoms in total. The first-order chi connectivity index (χ1) is 11.1. The van der Waals surface area contributed by atoms with E-state index in [1.54, 1.807) is 13.8 Å². The molecule has 4 N–H and O–H groups in total. The number of imide groups is 1. The Morgan fingerprint density at radius 2 is 1.67 bits per heavy atom. The minimum absolute atomic E-state index is 0.0200. The number of urea groups is 1. The van der Waals surface area contributed by atoms with Crippen LogP contribution in [0.4, 0.5) is 4.79 Å². The maximum absolute atomic E-state index is 12.1. The number of sulfonamides is 1. The lowest BCUT2D eigenvalue weighted by molar-refractivity contribution is -0.130. The molecule has 0 saturated heterocycles. The number of carbonyl (C=O) groups excluding carboxylic acids is 3. The number of esters is 1. The van der Waals surface area contributed by atoms with Gasteiger partial charge in [0.15, 0.2) is 6.10 Å². The van der Waals surface area contributed by atoms with Crippen LogP contribution in [0.2, 0.25) is 0 Å². The first-order valence-electron chi connectivity index (χ1n) is 6.93. The normalized spacial score (nSPS) is 12.5. The Hall–Kier alpha value is -2.46. The predicted molar refractivity (Wildman–Crippen MR) is 84.5 cm³/mol. The zero-order valence-electron chi connectivity index (χ0n) is 13.4. The number of hydrogen-bond donors (Lipinski definition) is 3. The Labute approximate surface area is 139 Å². The van der Waals surface area contributed by atoms with E-state index in [0.717, 1.165) is 0 Å². The number of rotatable bonds is 6. The summed E-state index contributed by atoms with van der Waals surface area (Å²) in [4.78, 5) is 34.6. The number of hydrogen-bond acceptors (Lipinski definition) is 6. The van der Waals surface area contributed by atoms with Crippen LogP contribution in [-0.2, 0) is 19.6 Å². The van der Waals surface area contributed by atoms with E-state index >= 15 is 0 Å². The lowest BCUT2D eigenvalue weighted by atomic mass is 10.1. The molecule has 24 heavy (non-hydrogen) atoms. The van der Waals surface area contributed by atoms with Crippen molar-refractivity contribution < 1.29 is 27.5 Å². The molecule has 0 aliphatic carbocycles. The Balaban J connectivity index is 2.92. The monoisotopic (exact) mass is 357 g/mol. The topological polar surface area (TPSA) is 145 Å². The number of carbonyl (C=O) groups is 3. The molecule has 0 aliphatic rings. The second-order valence-electron chi connectivity index (χ2n) is 5.16. The molecule has 0 saturated carbocycles. The van der Waals surface area contributed by atoms with Crippen molar-refractivity contribution in [1.82, 2.24) is 10.0 Å². The van der Waals surface area contributed by atoms with Gasteiger partial charge in [-0.1, -0.05) is 13.8 Å². The maximum Gasteiger partial charge on any atom is 0.338 e. The fourth-order valence-corrected chi connectivity index (χ4v) is 2.49. The van der Waals surface area contributed by atoms with Gasteiger partial charge in [-0.15, -0.1) is 0 Å². The number of amides is 3. The number of ether oxygens (including phenoxy) is 1. The molecule has 1 aromatic rings. The molecular weight excluding hydrogens is 338 g/mol. The van der Waals surface area contributed by atoms with Crippen LogP contribution in [0.15, 0.2) is 29.2 Å². The summed E-state index contributed by atoms with van der Waals surface area (Å²) in [7, 11) is -2.36. The van der Waals surface area contributed by atoms with Crippen LogP contribution in [0.25, 0.3) is 0 Å². The molecule has 0 bridgehead atoms.